The molecule has 3 aromatic rings. The molecular formula is C11H9N3S. The molecule has 0 radical (unpaired) electrons. The van der Waals surface area contributed by atoms with E-state index in [1.165, 1.54) is 0 Å². The third-order valence-electron chi connectivity index (χ3n) is 2.38. The summed E-state index contributed by atoms with van der Waals surface area (Å²) in [6, 6.07) is 8.20. The van der Waals surface area contributed by atoms with Crippen LogP contribution >= 0.6 is 11.8 Å². The Morgan fingerprint density at radius 1 is 1.33 bits per heavy atom. The molecule has 0 aliphatic heterocycles. The lowest BCUT2D eigenvalue weighted by Crippen LogP contribution is -1.89. The van der Waals surface area contributed by atoms with Crippen LogP contribution in [0, 0.1) is 0 Å². The largest absolute Gasteiger partial charge is 0.301 e. The average Bonchev–Trinajstić information content (AvgIpc) is 2.66. The van der Waals surface area contributed by atoms with Gasteiger partial charge in [-0.3, -0.25) is 0 Å². The molecule has 0 amide bonds. The molecule has 3 heterocycles. The highest BCUT2D eigenvalue weighted by molar-refractivity contribution is 7.98. The van der Waals surface area contributed by atoms with Crippen LogP contribution < -0.4 is 0 Å². The first kappa shape index (κ1) is 8.73. The highest BCUT2D eigenvalue weighted by atomic mass is 32.2. The van der Waals surface area contributed by atoms with Crippen LogP contribution in [0.3, 0.4) is 0 Å². The van der Waals surface area contributed by atoms with E-state index < -0.39 is 0 Å². The molecule has 0 bridgehead atoms. The van der Waals surface area contributed by atoms with Crippen molar-refractivity contribution < 1.29 is 0 Å². The molecule has 0 saturated heterocycles. The normalized spacial score (nSPS) is 11.3. The summed E-state index contributed by atoms with van der Waals surface area (Å²) in [5, 5.41) is 1.89. The molecular weight excluding hydrogens is 206 g/mol. The van der Waals surface area contributed by atoms with E-state index in [-0.39, 0.29) is 0 Å². The highest BCUT2D eigenvalue weighted by Gasteiger charge is 2.04. The summed E-state index contributed by atoms with van der Waals surface area (Å²) in [6.45, 7) is 0. The van der Waals surface area contributed by atoms with Gasteiger partial charge in [0.1, 0.15) is 5.65 Å². The van der Waals surface area contributed by atoms with Gasteiger partial charge in [0.2, 0.25) is 0 Å². The van der Waals surface area contributed by atoms with E-state index in [2.05, 4.69) is 26.5 Å². The Kier molecular flexibility index (Phi) is 1.89. The van der Waals surface area contributed by atoms with Crippen molar-refractivity contribution in [2.45, 2.75) is 5.16 Å². The van der Waals surface area contributed by atoms with Crippen LogP contribution in [0.2, 0.25) is 0 Å². The van der Waals surface area contributed by atoms with Crippen LogP contribution in [0.25, 0.3) is 16.6 Å². The fourth-order valence-corrected chi connectivity index (χ4v) is 2.02. The molecule has 4 heteroatoms. The maximum Gasteiger partial charge on any atom is 0.189 e. The summed E-state index contributed by atoms with van der Waals surface area (Å²) >= 11 is 1.56. The summed E-state index contributed by atoms with van der Waals surface area (Å²) in [4.78, 5) is 8.76. The van der Waals surface area contributed by atoms with Crippen LogP contribution in [0.5, 0.6) is 0 Å². The number of hydrogen-bond acceptors (Lipinski definition) is 3. The number of hydrogen-bond donors (Lipinski definition) is 0. The van der Waals surface area contributed by atoms with Gasteiger partial charge in [-0.1, -0.05) is 17.8 Å². The molecule has 3 aromatic heterocycles. The predicted octanol–water partition coefficient (Wildman–Crippen LogP) is 2.60. The topological polar surface area (TPSA) is 30.2 Å². The summed E-state index contributed by atoms with van der Waals surface area (Å²) in [6.07, 6.45) is 5.88. The molecule has 15 heavy (non-hydrogen) atoms. The third-order valence-corrected chi connectivity index (χ3v) is 2.94. The van der Waals surface area contributed by atoms with Gasteiger partial charge < -0.3 is 4.40 Å². The number of fused-ring (bicyclic) bond motifs is 3. The van der Waals surface area contributed by atoms with Gasteiger partial charge in [-0.2, -0.15) is 0 Å². The zero-order valence-electron chi connectivity index (χ0n) is 8.21. The molecule has 0 saturated carbocycles. The van der Waals surface area contributed by atoms with E-state index in [0.29, 0.717) is 0 Å². The molecule has 3 rings (SSSR count). The van der Waals surface area contributed by atoms with E-state index in [1.807, 2.05) is 30.8 Å². The summed E-state index contributed by atoms with van der Waals surface area (Å²) < 4.78 is 2.08. The van der Waals surface area contributed by atoms with Crippen molar-refractivity contribution in [1.29, 1.82) is 0 Å². The van der Waals surface area contributed by atoms with Crippen molar-refractivity contribution in [3.8, 4) is 0 Å². The third kappa shape index (κ3) is 1.29. The van der Waals surface area contributed by atoms with Crippen LogP contribution in [0.4, 0.5) is 0 Å². The smallest absolute Gasteiger partial charge is 0.189 e. The van der Waals surface area contributed by atoms with E-state index >= 15 is 0 Å². The number of rotatable bonds is 1. The second-order valence-electron chi connectivity index (χ2n) is 3.28. The monoisotopic (exact) mass is 215 g/mol. The molecule has 0 aliphatic carbocycles. The van der Waals surface area contributed by atoms with E-state index in [4.69, 9.17) is 0 Å². The second kappa shape index (κ2) is 3.24. The lowest BCUT2D eigenvalue weighted by molar-refractivity contribution is 0.986. The van der Waals surface area contributed by atoms with E-state index in [9.17, 15) is 0 Å². The molecule has 0 N–H and O–H groups in total. The number of nitrogens with zero attached hydrogens (tertiary/aromatic N) is 3. The van der Waals surface area contributed by atoms with Crippen molar-refractivity contribution in [2.24, 2.45) is 0 Å². The maximum atomic E-state index is 4.50. The second-order valence-corrected chi connectivity index (χ2v) is 4.05. The average molecular weight is 215 g/mol. The molecule has 0 atom stereocenters. The minimum Gasteiger partial charge on any atom is -0.301 e. The van der Waals surface area contributed by atoms with E-state index in [1.54, 1.807) is 11.8 Å². The SMILES string of the molecule is CSc1ncc2cc3ccccn3c2n1. The fourth-order valence-electron chi connectivity index (χ4n) is 1.69. The molecule has 0 spiro atoms. The quantitative estimate of drug-likeness (QED) is 0.461. The van der Waals surface area contributed by atoms with Gasteiger partial charge >= 0.3 is 0 Å². The van der Waals surface area contributed by atoms with Crippen molar-refractivity contribution in [3.63, 3.8) is 0 Å². The zero-order chi connectivity index (χ0) is 10.3. The Morgan fingerprint density at radius 2 is 2.27 bits per heavy atom. The number of pyridine rings is 1. The van der Waals surface area contributed by atoms with E-state index in [0.717, 1.165) is 21.7 Å². The maximum absolute atomic E-state index is 4.50. The Bertz CT molecular complexity index is 630. The fraction of sp³-hybridized carbons (Fsp3) is 0.0909. The number of thioether (sulfide) groups is 1. The minimum absolute atomic E-state index is 0.811. The Labute approximate surface area is 91.2 Å². The first-order chi connectivity index (χ1) is 7.38. The van der Waals surface area contributed by atoms with Gasteiger partial charge in [0.25, 0.3) is 0 Å². The Morgan fingerprint density at radius 3 is 3.13 bits per heavy atom. The standard InChI is InChI=1S/C11H9N3S/c1-15-11-12-7-8-6-9-4-2-3-5-14(9)10(8)13-11/h2-7H,1H3. The van der Waals surface area contributed by atoms with Gasteiger partial charge in [0.15, 0.2) is 5.16 Å². The summed E-state index contributed by atoms with van der Waals surface area (Å²) in [5.41, 5.74) is 2.13. The lowest BCUT2D eigenvalue weighted by Gasteiger charge is -1.96. The molecule has 0 aromatic carbocycles. The van der Waals surface area contributed by atoms with Crippen molar-refractivity contribution in [1.82, 2.24) is 14.4 Å². The first-order valence-corrected chi connectivity index (χ1v) is 5.88. The first-order valence-electron chi connectivity index (χ1n) is 4.65. The zero-order valence-corrected chi connectivity index (χ0v) is 9.03. The Hall–Kier alpha value is -1.55. The van der Waals surface area contributed by atoms with Gasteiger partial charge in [0, 0.05) is 23.3 Å². The van der Waals surface area contributed by atoms with Gasteiger partial charge in [-0.25, -0.2) is 9.97 Å². The predicted molar refractivity (Wildman–Crippen MR) is 62.3 cm³/mol. The highest BCUT2D eigenvalue weighted by Crippen LogP contribution is 2.19. The minimum atomic E-state index is 0.811. The number of aromatic nitrogens is 3. The Balaban J connectivity index is 2.46. The van der Waals surface area contributed by atoms with Crippen molar-refractivity contribution >= 4 is 28.3 Å². The van der Waals surface area contributed by atoms with Gasteiger partial charge in [-0.05, 0) is 24.5 Å². The van der Waals surface area contributed by atoms with Crippen LogP contribution in [-0.2, 0) is 0 Å². The van der Waals surface area contributed by atoms with Crippen LogP contribution in [0.15, 0.2) is 41.8 Å². The van der Waals surface area contributed by atoms with Crippen molar-refractivity contribution in [3.05, 3.63) is 36.7 Å². The molecule has 0 aliphatic rings. The molecule has 74 valence electrons. The van der Waals surface area contributed by atoms with Crippen molar-refractivity contribution in [2.75, 3.05) is 6.26 Å². The van der Waals surface area contributed by atoms with Crippen LogP contribution in [-0.4, -0.2) is 20.6 Å². The summed E-state index contributed by atoms with van der Waals surface area (Å²) in [5.74, 6) is 0. The summed E-state index contributed by atoms with van der Waals surface area (Å²) in [7, 11) is 0. The molecule has 0 fully saturated rings. The van der Waals surface area contributed by atoms with Crippen LogP contribution in [0.1, 0.15) is 0 Å². The van der Waals surface area contributed by atoms with Gasteiger partial charge in [-0.15, -0.1) is 0 Å². The lowest BCUT2D eigenvalue weighted by atomic mass is 10.4. The van der Waals surface area contributed by atoms with Gasteiger partial charge in [0.05, 0.1) is 0 Å². The molecule has 3 nitrogen and oxygen atoms in total. The molecule has 0 unspecified atom stereocenters.